The van der Waals surface area contributed by atoms with E-state index in [9.17, 15) is 9.59 Å². The number of benzene rings is 3. The SMILES string of the molecule is CCOc1cc(/C=N\NC(=O)COc2ccc(Cl)c(C)c2)ccc1OC(=O)c1ccc(Br)cc1. The molecular formula is C25H22BrClN2O5. The van der Waals surface area contributed by atoms with Crippen molar-refractivity contribution in [2.45, 2.75) is 13.8 Å². The summed E-state index contributed by atoms with van der Waals surface area (Å²) in [6.45, 7) is 3.85. The van der Waals surface area contributed by atoms with Crippen molar-refractivity contribution in [1.29, 1.82) is 0 Å². The lowest BCUT2D eigenvalue weighted by molar-refractivity contribution is -0.123. The second-order valence-electron chi connectivity index (χ2n) is 7.03. The van der Waals surface area contributed by atoms with E-state index in [1.165, 1.54) is 6.21 Å². The van der Waals surface area contributed by atoms with E-state index in [4.69, 9.17) is 25.8 Å². The number of halogens is 2. The highest BCUT2D eigenvalue weighted by atomic mass is 79.9. The maximum absolute atomic E-state index is 12.4. The first-order valence-electron chi connectivity index (χ1n) is 10.3. The van der Waals surface area contributed by atoms with Crippen molar-refractivity contribution < 1.29 is 23.8 Å². The number of aryl methyl sites for hydroxylation is 1. The summed E-state index contributed by atoms with van der Waals surface area (Å²) in [7, 11) is 0. The molecule has 0 saturated carbocycles. The number of rotatable bonds is 9. The fraction of sp³-hybridized carbons (Fsp3) is 0.160. The van der Waals surface area contributed by atoms with Crippen molar-refractivity contribution >= 4 is 45.6 Å². The summed E-state index contributed by atoms with van der Waals surface area (Å²) in [5.74, 6) is 0.273. The predicted octanol–water partition coefficient (Wildman–Crippen LogP) is 5.56. The molecule has 0 aliphatic rings. The summed E-state index contributed by atoms with van der Waals surface area (Å²) in [5, 5.41) is 4.57. The van der Waals surface area contributed by atoms with Crippen LogP contribution in [0, 0.1) is 6.92 Å². The molecule has 0 heterocycles. The summed E-state index contributed by atoms with van der Waals surface area (Å²) in [6.07, 6.45) is 1.45. The number of hydrazone groups is 1. The minimum absolute atomic E-state index is 0.201. The zero-order valence-corrected chi connectivity index (χ0v) is 20.9. The van der Waals surface area contributed by atoms with E-state index in [1.54, 1.807) is 60.7 Å². The third-order valence-corrected chi connectivity index (χ3v) is 5.41. The third-order valence-electron chi connectivity index (χ3n) is 4.45. The van der Waals surface area contributed by atoms with Crippen molar-refractivity contribution in [3.63, 3.8) is 0 Å². The van der Waals surface area contributed by atoms with Crippen LogP contribution < -0.4 is 19.6 Å². The van der Waals surface area contributed by atoms with E-state index in [1.807, 2.05) is 13.8 Å². The van der Waals surface area contributed by atoms with Crippen LogP contribution in [-0.4, -0.2) is 31.3 Å². The lowest BCUT2D eigenvalue weighted by atomic mass is 10.2. The Morgan fingerprint density at radius 2 is 1.79 bits per heavy atom. The van der Waals surface area contributed by atoms with Gasteiger partial charge in [-0.2, -0.15) is 5.10 Å². The van der Waals surface area contributed by atoms with E-state index >= 15 is 0 Å². The van der Waals surface area contributed by atoms with Crippen molar-refractivity contribution in [3.05, 3.63) is 86.8 Å². The molecule has 1 amide bonds. The molecule has 0 unspecified atom stereocenters. The first-order valence-corrected chi connectivity index (χ1v) is 11.5. The van der Waals surface area contributed by atoms with Crippen LogP contribution in [0.1, 0.15) is 28.4 Å². The summed E-state index contributed by atoms with van der Waals surface area (Å²) in [4.78, 5) is 24.4. The van der Waals surface area contributed by atoms with Crippen molar-refractivity contribution in [2.24, 2.45) is 5.10 Å². The normalized spacial score (nSPS) is 10.7. The van der Waals surface area contributed by atoms with Crippen LogP contribution in [0.3, 0.4) is 0 Å². The molecule has 0 fully saturated rings. The quantitative estimate of drug-likeness (QED) is 0.165. The van der Waals surface area contributed by atoms with E-state index in [0.717, 1.165) is 10.0 Å². The van der Waals surface area contributed by atoms with Gasteiger partial charge >= 0.3 is 5.97 Å². The number of hydrogen-bond donors (Lipinski definition) is 1. The highest BCUT2D eigenvalue weighted by Gasteiger charge is 2.13. The van der Waals surface area contributed by atoms with Crippen LogP contribution in [-0.2, 0) is 4.79 Å². The lowest BCUT2D eigenvalue weighted by Crippen LogP contribution is -2.24. The molecule has 3 aromatic carbocycles. The Morgan fingerprint density at radius 1 is 1.03 bits per heavy atom. The van der Waals surface area contributed by atoms with Gasteiger partial charge < -0.3 is 14.2 Å². The van der Waals surface area contributed by atoms with Gasteiger partial charge in [0, 0.05) is 9.50 Å². The Balaban J connectivity index is 1.59. The van der Waals surface area contributed by atoms with Gasteiger partial charge in [-0.25, -0.2) is 10.2 Å². The van der Waals surface area contributed by atoms with Gasteiger partial charge in [0.15, 0.2) is 18.1 Å². The summed E-state index contributed by atoms with van der Waals surface area (Å²) < 4.78 is 17.4. The van der Waals surface area contributed by atoms with Gasteiger partial charge in [-0.15, -0.1) is 0 Å². The molecule has 0 aromatic heterocycles. The topological polar surface area (TPSA) is 86.2 Å². The largest absolute Gasteiger partial charge is 0.490 e. The number of ether oxygens (including phenoxy) is 3. The second kappa shape index (κ2) is 12.2. The minimum Gasteiger partial charge on any atom is -0.490 e. The molecule has 0 saturated heterocycles. The Morgan fingerprint density at radius 3 is 2.50 bits per heavy atom. The van der Waals surface area contributed by atoms with Crippen LogP contribution in [0.5, 0.6) is 17.2 Å². The number of amides is 1. The maximum Gasteiger partial charge on any atom is 0.343 e. The molecule has 3 aromatic rings. The second-order valence-corrected chi connectivity index (χ2v) is 8.35. The Hall–Kier alpha value is -3.36. The zero-order valence-electron chi connectivity index (χ0n) is 18.5. The van der Waals surface area contributed by atoms with E-state index in [-0.39, 0.29) is 12.4 Å². The minimum atomic E-state index is -0.502. The van der Waals surface area contributed by atoms with Crippen LogP contribution in [0.2, 0.25) is 5.02 Å². The van der Waals surface area contributed by atoms with Crippen LogP contribution >= 0.6 is 27.5 Å². The van der Waals surface area contributed by atoms with Gasteiger partial charge in [0.25, 0.3) is 5.91 Å². The summed E-state index contributed by atoms with van der Waals surface area (Å²) >= 11 is 9.31. The molecule has 0 atom stereocenters. The Labute approximate surface area is 210 Å². The van der Waals surface area contributed by atoms with Crippen LogP contribution in [0.4, 0.5) is 0 Å². The number of nitrogens with zero attached hydrogens (tertiary/aromatic N) is 1. The molecule has 176 valence electrons. The lowest BCUT2D eigenvalue weighted by Gasteiger charge is -2.11. The summed E-state index contributed by atoms with van der Waals surface area (Å²) in [5.41, 5.74) is 4.31. The molecule has 0 bridgehead atoms. The highest BCUT2D eigenvalue weighted by Crippen LogP contribution is 2.29. The number of hydrogen-bond acceptors (Lipinski definition) is 6. The van der Waals surface area contributed by atoms with Gasteiger partial charge in [0.1, 0.15) is 5.75 Å². The Kier molecular flexibility index (Phi) is 9.07. The van der Waals surface area contributed by atoms with Gasteiger partial charge in [-0.1, -0.05) is 27.5 Å². The standard InChI is InChI=1S/C25H22BrClN2O5/c1-3-32-23-13-17(4-11-22(23)34-25(31)18-5-7-19(26)8-6-18)14-28-29-24(30)15-33-20-9-10-21(27)16(2)12-20/h4-14H,3,15H2,1-2H3,(H,29,30)/b28-14-. The fourth-order valence-electron chi connectivity index (χ4n) is 2.77. The Bertz CT molecular complexity index is 1200. The molecule has 7 nitrogen and oxygen atoms in total. The van der Waals surface area contributed by atoms with Crippen LogP contribution in [0.15, 0.2) is 70.2 Å². The van der Waals surface area contributed by atoms with Crippen molar-refractivity contribution in [3.8, 4) is 17.2 Å². The van der Waals surface area contributed by atoms with E-state index in [2.05, 4.69) is 26.5 Å². The van der Waals surface area contributed by atoms with Gasteiger partial charge in [-0.05, 0) is 85.6 Å². The molecular weight excluding hydrogens is 524 g/mol. The maximum atomic E-state index is 12.4. The molecule has 3 rings (SSSR count). The molecule has 9 heteroatoms. The molecule has 0 aliphatic carbocycles. The van der Waals surface area contributed by atoms with E-state index in [0.29, 0.717) is 34.3 Å². The average molecular weight is 546 g/mol. The van der Waals surface area contributed by atoms with Gasteiger partial charge in [0.2, 0.25) is 0 Å². The summed E-state index contributed by atoms with van der Waals surface area (Å²) in [6, 6.07) is 16.9. The number of nitrogens with one attached hydrogen (secondary N) is 1. The molecule has 0 aliphatic heterocycles. The predicted molar refractivity (Wildman–Crippen MR) is 134 cm³/mol. The van der Waals surface area contributed by atoms with Gasteiger partial charge in [0.05, 0.1) is 18.4 Å². The zero-order chi connectivity index (χ0) is 24.5. The number of carbonyl (C=O) groups is 2. The fourth-order valence-corrected chi connectivity index (χ4v) is 3.15. The van der Waals surface area contributed by atoms with Gasteiger partial charge in [-0.3, -0.25) is 4.79 Å². The molecule has 1 N–H and O–H groups in total. The smallest absolute Gasteiger partial charge is 0.343 e. The highest BCUT2D eigenvalue weighted by molar-refractivity contribution is 9.10. The van der Waals surface area contributed by atoms with Crippen molar-refractivity contribution in [1.82, 2.24) is 5.43 Å². The first kappa shape index (κ1) is 25.3. The van der Waals surface area contributed by atoms with Crippen LogP contribution in [0.25, 0.3) is 0 Å². The number of esters is 1. The molecule has 34 heavy (non-hydrogen) atoms. The number of carbonyl (C=O) groups excluding carboxylic acids is 2. The molecule has 0 radical (unpaired) electrons. The monoisotopic (exact) mass is 544 g/mol. The third kappa shape index (κ3) is 7.33. The van der Waals surface area contributed by atoms with E-state index < -0.39 is 11.9 Å². The van der Waals surface area contributed by atoms with Crippen molar-refractivity contribution in [2.75, 3.05) is 13.2 Å². The molecule has 0 spiro atoms. The average Bonchev–Trinajstić information content (AvgIpc) is 2.82. The first-order chi connectivity index (χ1) is 16.4.